The van der Waals surface area contributed by atoms with Crippen LogP contribution in [0.4, 0.5) is 5.82 Å². The summed E-state index contributed by atoms with van der Waals surface area (Å²) in [7, 11) is 0. The molecule has 0 atom stereocenters. The number of carbonyl (C=O) groups is 1. The molecule has 7 nitrogen and oxygen atoms in total. The molecule has 0 radical (unpaired) electrons. The Morgan fingerprint density at radius 2 is 2.21 bits per heavy atom. The van der Waals surface area contributed by atoms with Gasteiger partial charge in [-0.2, -0.15) is 0 Å². The first kappa shape index (κ1) is 13.5. The second-order valence-electron chi connectivity index (χ2n) is 4.93. The van der Waals surface area contributed by atoms with Crippen LogP contribution in [-0.4, -0.2) is 26.4 Å². The predicted molar refractivity (Wildman–Crippen MR) is 68.6 cm³/mol. The van der Waals surface area contributed by atoms with Gasteiger partial charge in [-0.05, 0) is 22.7 Å². The molecule has 104 valence electrons. The van der Waals surface area contributed by atoms with Gasteiger partial charge in [-0.15, -0.1) is 0 Å². The highest BCUT2D eigenvalue weighted by atomic mass is 16.6. The summed E-state index contributed by atoms with van der Waals surface area (Å²) >= 11 is 0. The van der Waals surface area contributed by atoms with Crippen LogP contribution in [0.2, 0.25) is 0 Å². The lowest BCUT2D eigenvalue weighted by Crippen LogP contribution is -2.38. The van der Waals surface area contributed by atoms with Gasteiger partial charge in [-0.3, -0.25) is 9.36 Å². The monoisotopic (exact) mass is 266 g/mol. The first-order valence-corrected chi connectivity index (χ1v) is 6.54. The maximum atomic E-state index is 11.9. The van der Waals surface area contributed by atoms with Crippen LogP contribution in [0.3, 0.4) is 0 Å². The molecule has 19 heavy (non-hydrogen) atoms. The maximum absolute atomic E-state index is 11.9. The van der Waals surface area contributed by atoms with E-state index in [2.05, 4.69) is 10.3 Å². The lowest BCUT2D eigenvalue weighted by molar-refractivity contribution is -0.389. The fourth-order valence-electron chi connectivity index (χ4n) is 2.41. The van der Waals surface area contributed by atoms with Gasteiger partial charge in [-0.25, -0.2) is 0 Å². The van der Waals surface area contributed by atoms with Crippen LogP contribution in [0.1, 0.15) is 37.9 Å². The maximum Gasteiger partial charge on any atom is 0.381 e. The van der Waals surface area contributed by atoms with E-state index in [1.54, 1.807) is 6.92 Å². The molecular weight excluding hydrogens is 248 g/mol. The molecule has 1 aliphatic rings. The summed E-state index contributed by atoms with van der Waals surface area (Å²) in [5.74, 6) is 0.149. The Labute approximate surface area is 111 Å². The number of nitrogens with zero attached hydrogens (tertiary/aromatic N) is 3. The van der Waals surface area contributed by atoms with Gasteiger partial charge in [0.2, 0.25) is 11.7 Å². The number of nitrogens with one attached hydrogen (secondary N) is 1. The minimum atomic E-state index is -0.553. The predicted octanol–water partition coefficient (Wildman–Crippen LogP) is 1.55. The highest BCUT2D eigenvalue weighted by Gasteiger charge is 2.19. The Hall–Kier alpha value is -1.92. The first-order valence-electron chi connectivity index (χ1n) is 6.54. The molecule has 0 bridgehead atoms. The van der Waals surface area contributed by atoms with Crippen molar-refractivity contribution in [2.24, 2.45) is 0 Å². The van der Waals surface area contributed by atoms with Crippen molar-refractivity contribution < 1.29 is 9.72 Å². The zero-order chi connectivity index (χ0) is 13.8. The van der Waals surface area contributed by atoms with Gasteiger partial charge in [0.1, 0.15) is 12.7 Å². The standard InChI is InChI=1S/C12H18N4O3/c1-9-13-11(16(18)19)7-15(9)8-12(17)14-10-5-3-2-4-6-10/h7,10H,2-6,8H2,1H3,(H,14,17). The molecule has 0 aliphatic heterocycles. The number of carbonyl (C=O) groups excluding carboxylic acids is 1. The number of rotatable bonds is 4. The fourth-order valence-corrected chi connectivity index (χ4v) is 2.41. The SMILES string of the molecule is Cc1nc([N+](=O)[O-])cn1CC(=O)NC1CCCCC1. The van der Waals surface area contributed by atoms with Crippen molar-refractivity contribution >= 4 is 11.7 Å². The molecule has 7 heteroatoms. The van der Waals surface area contributed by atoms with Crippen molar-refractivity contribution in [2.45, 2.75) is 51.6 Å². The molecule has 2 rings (SSSR count). The molecule has 0 saturated heterocycles. The number of aromatic nitrogens is 2. The third-order valence-corrected chi connectivity index (χ3v) is 3.43. The third-order valence-electron chi connectivity index (χ3n) is 3.43. The molecule has 1 aliphatic carbocycles. The number of amides is 1. The third kappa shape index (κ3) is 3.52. The van der Waals surface area contributed by atoms with E-state index < -0.39 is 4.92 Å². The highest BCUT2D eigenvalue weighted by molar-refractivity contribution is 5.76. The van der Waals surface area contributed by atoms with Gasteiger partial charge in [0.15, 0.2) is 0 Å². The smallest absolute Gasteiger partial charge is 0.358 e. The van der Waals surface area contributed by atoms with Gasteiger partial charge < -0.3 is 15.4 Å². The van der Waals surface area contributed by atoms with Gasteiger partial charge in [0.25, 0.3) is 0 Å². The second-order valence-corrected chi connectivity index (χ2v) is 4.93. The van der Waals surface area contributed by atoms with Gasteiger partial charge in [0, 0.05) is 13.0 Å². The quantitative estimate of drug-likeness (QED) is 0.661. The van der Waals surface area contributed by atoms with Crippen molar-refractivity contribution in [1.82, 2.24) is 14.9 Å². The van der Waals surface area contributed by atoms with Crippen LogP contribution in [0.25, 0.3) is 0 Å². The van der Waals surface area contributed by atoms with Gasteiger partial charge in [0.05, 0.1) is 0 Å². The first-order chi connectivity index (χ1) is 9.06. The minimum Gasteiger partial charge on any atom is -0.358 e. The van der Waals surface area contributed by atoms with Crippen LogP contribution >= 0.6 is 0 Å². The average molecular weight is 266 g/mol. The van der Waals surface area contributed by atoms with Crippen molar-refractivity contribution in [1.29, 1.82) is 0 Å². The van der Waals surface area contributed by atoms with Crippen LogP contribution in [0, 0.1) is 17.0 Å². The van der Waals surface area contributed by atoms with Crippen molar-refractivity contribution in [3.63, 3.8) is 0 Å². The summed E-state index contributed by atoms with van der Waals surface area (Å²) < 4.78 is 1.51. The molecule has 1 amide bonds. The number of hydrogen-bond donors (Lipinski definition) is 1. The number of hydrogen-bond acceptors (Lipinski definition) is 4. The number of nitro groups is 1. The van der Waals surface area contributed by atoms with Crippen LogP contribution in [0.15, 0.2) is 6.20 Å². The molecule has 1 fully saturated rings. The molecular formula is C12H18N4O3. The normalized spacial score (nSPS) is 16.3. The van der Waals surface area contributed by atoms with E-state index in [0.29, 0.717) is 5.82 Å². The van der Waals surface area contributed by atoms with E-state index >= 15 is 0 Å². The summed E-state index contributed by atoms with van der Waals surface area (Å²) in [4.78, 5) is 25.7. The molecule has 1 aromatic rings. The molecule has 0 aromatic carbocycles. The zero-order valence-electron chi connectivity index (χ0n) is 11.0. The van der Waals surface area contributed by atoms with E-state index in [1.807, 2.05) is 0 Å². The number of aryl methyl sites for hydroxylation is 1. The largest absolute Gasteiger partial charge is 0.381 e. The number of imidazole rings is 1. The second kappa shape index (κ2) is 5.81. The molecule has 0 unspecified atom stereocenters. The van der Waals surface area contributed by atoms with Crippen molar-refractivity contribution in [2.75, 3.05) is 0 Å². The minimum absolute atomic E-state index is 0.0865. The Balaban J connectivity index is 1.92. The average Bonchev–Trinajstić information content (AvgIpc) is 2.72. The topological polar surface area (TPSA) is 90.1 Å². The molecule has 0 spiro atoms. The summed E-state index contributed by atoms with van der Waals surface area (Å²) in [6.07, 6.45) is 6.89. The van der Waals surface area contributed by atoms with E-state index in [1.165, 1.54) is 17.2 Å². The Kier molecular flexibility index (Phi) is 4.13. The summed E-state index contributed by atoms with van der Waals surface area (Å²) in [6.45, 7) is 1.74. The van der Waals surface area contributed by atoms with E-state index in [-0.39, 0.29) is 24.3 Å². The van der Waals surface area contributed by atoms with Crippen molar-refractivity contribution in [3.8, 4) is 0 Å². The van der Waals surface area contributed by atoms with Gasteiger partial charge >= 0.3 is 5.82 Å². The highest BCUT2D eigenvalue weighted by Crippen LogP contribution is 2.17. The van der Waals surface area contributed by atoms with Gasteiger partial charge in [-0.1, -0.05) is 19.3 Å². The Bertz CT molecular complexity index is 477. The van der Waals surface area contributed by atoms with Crippen molar-refractivity contribution in [3.05, 3.63) is 22.1 Å². The van der Waals surface area contributed by atoms with Crippen LogP contribution in [0.5, 0.6) is 0 Å². The summed E-state index contributed by atoms with van der Waals surface area (Å²) in [6, 6.07) is 0.250. The Morgan fingerprint density at radius 3 is 2.79 bits per heavy atom. The van der Waals surface area contributed by atoms with E-state index in [9.17, 15) is 14.9 Å². The van der Waals surface area contributed by atoms with E-state index in [4.69, 9.17) is 0 Å². The summed E-state index contributed by atoms with van der Waals surface area (Å²) in [5.41, 5.74) is 0. The Morgan fingerprint density at radius 1 is 1.53 bits per heavy atom. The molecule has 1 heterocycles. The van der Waals surface area contributed by atoms with Crippen LogP contribution in [-0.2, 0) is 11.3 Å². The lowest BCUT2D eigenvalue weighted by Gasteiger charge is -2.22. The molecule has 1 N–H and O–H groups in total. The zero-order valence-corrected chi connectivity index (χ0v) is 11.0. The summed E-state index contributed by atoms with van der Waals surface area (Å²) in [5, 5.41) is 13.6. The molecule has 1 aromatic heterocycles. The van der Waals surface area contributed by atoms with Crippen LogP contribution < -0.4 is 5.32 Å². The fraction of sp³-hybridized carbons (Fsp3) is 0.667. The van der Waals surface area contributed by atoms with E-state index in [0.717, 1.165) is 25.7 Å². The lowest BCUT2D eigenvalue weighted by atomic mass is 9.95. The molecule has 1 saturated carbocycles.